The highest BCUT2D eigenvalue weighted by Crippen LogP contribution is 2.05. The van der Waals surface area contributed by atoms with Crippen LogP contribution in [0.15, 0.2) is 24.3 Å². The number of carboxylic acid groups (broad SMARTS) is 1. The number of carboxylic acids is 1. The maximum atomic E-state index is 11.7. The second kappa shape index (κ2) is 6.90. The predicted molar refractivity (Wildman–Crippen MR) is 69.3 cm³/mol. The van der Waals surface area contributed by atoms with E-state index in [4.69, 9.17) is 5.11 Å². The van der Waals surface area contributed by atoms with E-state index in [0.717, 1.165) is 0 Å². The van der Waals surface area contributed by atoms with E-state index in [-0.39, 0.29) is 11.5 Å². The van der Waals surface area contributed by atoms with Gasteiger partial charge in [0.2, 0.25) is 0 Å². The molecular weight excluding hydrogens is 254 g/mol. The molecule has 0 aliphatic rings. The van der Waals surface area contributed by atoms with E-state index in [2.05, 4.69) is 5.32 Å². The van der Waals surface area contributed by atoms with Crippen molar-refractivity contribution in [1.82, 2.24) is 5.32 Å². The van der Waals surface area contributed by atoms with Crippen molar-refractivity contribution in [2.45, 2.75) is 6.42 Å². The van der Waals surface area contributed by atoms with Crippen LogP contribution in [0.3, 0.4) is 0 Å². The Balaban J connectivity index is 2.53. The SMILES string of the molecule is CS(=O)CCCNC(=O)c1cccc(C(=O)O)c1. The number of carbonyl (C=O) groups is 2. The lowest BCUT2D eigenvalue weighted by molar-refractivity contribution is 0.0697. The monoisotopic (exact) mass is 269 g/mol. The molecular formula is C12H15NO4S. The highest BCUT2D eigenvalue weighted by Gasteiger charge is 2.08. The van der Waals surface area contributed by atoms with Crippen LogP contribution in [0.4, 0.5) is 0 Å². The number of rotatable bonds is 6. The van der Waals surface area contributed by atoms with E-state index < -0.39 is 16.8 Å². The third-order valence-electron chi connectivity index (χ3n) is 2.27. The fourth-order valence-electron chi connectivity index (χ4n) is 1.37. The fourth-order valence-corrected chi connectivity index (χ4v) is 1.92. The minimum absolute atomic E-state index is 0.0808. The van der Waals surface area contributed by atoms with Gasteiger partial charge >= 0.3 is 5.97 Å². The molecule has 0 radical (unpaired) electrons. The van der Waals surface area contributed by atoms with Crippen LogP contribution in [0.5, 0.6) is 0 Å². The fraction of sp³-hybridized carbons (Fsp3) is 0.333. The van der Waals surface area contributed by atoms with Crippen LogP contribution in [-0.2, 0) is 10.8 Å². The van der Waals surface area contributed by atoms with Gasteiger partial charge in [0.25, 0.3) is 5.91 Å². The first-order chi connectivity index (χ1) is 8.50. The smallest absolute Gasteiger partial charge is 0.335 e. The Morgan fingerprint density at radius 2 is 2.00 bits per heavy atom. The van der Waals surface area contributed by atoms with Crippen molar-refractivity contribution >= 4 is 22.7 Å². The van der Waals surface area contributed by atoms with Gasteiger partial charge in [-0.25, -0.2) is 4.79 Å². The molecule has 2 N–H and O–H groups in total. The molecule has 1 unspecified atom stereocenters. The molecule has 0 bridgehead atoms. The normalized spacial score (nSPS) is 11.8. The lowest BCUT2D eigenvalue weighted by Crippen LogP contribution is -2.25. The summed E-state index contributed by atoms with van der Waals surface area (Å²) in [6, 6.07) is 5.84. The van der Waals surface area contributed by atoms with E-state index in [9.17, 15) is 13.8 Å². The van der Waals surface area contributed by atoms with Gasteiger partial charge in [0.1, 0.15) is 0 Å². The van der Waals surface area contributed by atoms with Crippen LogP contribution in [0.2, 0.25) is 0 Å². The molecule has 0 aliphatic carbocycles. The molecule has 1 rings (SSSR count). The van der Waals surface area contributed by atoms with E-state index in [0.29, 0.717) is 24.3 Å². The van der Waals surface area contributed by atoms with Crippen molar-refractivity contribution in [2.24, 2.45) is 0 Å². The Morgan fingerprint density at radius 1 is 1.33 bits per heavy atom. The summed E-state index contributed by atoms with van der Waals surface area (Å²) in [6.07, 6.45) is 2.24. The van der Waals surface area contributed by atoms with Gasteiger partial charge in [0.15, 0.2) is 0 Å². The highest BCUT2D eigenvalue weighted by atomic mass is 32.2. The summed E-state index contributed by atoms with van der Waals surface area (Å²) < 4.78 is 10.8. The average Bonchev–Trinajstić information content (AvgIpc) is 2.34. The van der Waals surface area contributed by atoms with Crippen LogP contribution in [0.25, 0.3) is 0 Å². The Bertz CT molecular complexity index is 473. The number of hydrogen-bond acceptors (Lipinski definition) is 3. The quantitative estimate of drug-likeness (QED) is 0.751. The lowest BCUT2D eigenvalue weighted by Gasteiger charge is -2.05. The number of benzene rings is 1. The van der Waals surface area contributed by atoms with Crippen LogP contribution >= 0.6 is 0 Å². The number of aromatic carboxylic acids is 1. The largest absolute Gasteiger partial charge is 0.478 e. The average molecular weight is 269 g/mol. The topological polar surface area (TPSA) is 83.5 Å². The zero-order valence-electron chi connectivity index (χ0n) is 10.0. The molecule has 1 amide bonds. The number of nitrogens with one attached hydrogen (secondary N) is 1. The van der Waals surface area contributed by atoms with Gasteiger partial charge in [0.05, 0.1) is 5.56 Å². The molecule has 1 atom stereocenters. The Hall–Kier alpha value is -1.69. The van der Waals surface area contributed by atoms with Crippen molar-refractivity contribution in [2.75, 3.05) is 18.6 Å². The Morgan fingerprint density at radius 3 is 2.61 bits per heavy atom. The van der Waals surface area contributed by atoms with Gasteiger partial charge in [-0.3, -0.25) is 9.00 Å². The van der Waals surface area contributed by atoms with Crippen molar-refractivity contribution in [1.29, 1.82) is 0 Å². The van der Waals surface area contributed by atoms with Crippen LogP contribution in [0, 0.1) is 0 Å². The molecule has 0 aliphatic heterocycles. The summed E-state index contributed by atoms with van der Waals surface area (Å²) in [4.78, 5) is 22.4. The minimum Gasteiger partial charge on any atom is -0.478 e. The van der Waals surface area contributed by atoms with Crippen LogP contribution in [0.1, 0.15) is 27.1 Å². The van der Waals surface area contributed by atoms with Crippen LogP contribution in [-0.4, -0.2) is 39.7 Å². The summed E-state index contributed by atoms with van der Waals surface area (Å²) in [5, 5.41) is 11.5. The second-order valence-corrected chi connectivity index (χ2v) is 5.33. The van der Waals surface area contributed by atoms with Crippen LogP contribution < -0.4 is 5.32 Å². The van der Waals surface area contributed by atoms with Crippen molar-refractivity contribution in [3.8, 4) is 0 Å². The van der Waals surface area contributed by atoms with E-state index in [1.54, 1.807) is 12.3 Å². The zero-order chi connectivity index (χ0) is 13.5. The molecule has 1 aromatic carbocycles. The van der Waals surface area contributed by atoms with Crippen molar-refractivity contribution < 1.29 is 18.9 Å². The van der Waals surface area contributed by atoms with Gasteiger partial charge in [-0.05, 0) is 24.6 Å². The van der Waals surface area contributed by atoms with Gasteiger partial charge in [-0.15, -0.1) is 0 Å². The Kier molecular flexibility index (Phi) is 5.51. The molecule has 6 heteroatoms. The molecule has 18 heavy (non-hydrogen) atoms. The summed E-state index contributed by atoms with van der Waals surface area (Å²) in [7, 11) is -0.864. The summed E-state index contributed by atoms with van der Waals surface area (Å²) in [6.45, 7) is 0.426. The third kappa shape index (κ3) is 4.67. The van der Waals surface area contributed by atoms with Gasteiger partial charge in [-0.2, -0.15) is 0 Å². The molecule has 0 spiro atoms. The molecule has 0 saturated heterocycles. The molecule has 0 saturated carbocycles. The van der Waals surface area contributed by atoms with E-state index in [1.807, 2.05) is 0 Å². The maximum Gasteiger partial charge on any atom is 0.335 e. The zero-order valence-corrected chi connectivity index (χ0v) is 10.8. The highest BCUT2D eigenvalue weighted by molar-refractivity contribution is 7.84. The van der Waals surface area contributed by atoms with Crippen molar-refractivity contribution in [3.05, 3.63) is 35.4 Å². The third-order valence-corrected chi connectivity index (χ3v) is 3.13. The first-order valence-electron chi connectivity index (χ1n) is 5.42. The first-order valence-corrected chi connectivity index (χ1v) is 7.15. The van der Waals surface area contributed by atoms with E-state index >= 15 is 0 Å². The Labute approximate surface area is 108 Å². The van der Waals surface area contributed by atoms with Crippen molar-refractivity contribution in [3.63, 3.8) is 0 Å². The standard InChI is InChI=1S/C12H15NO4S/c1-18(17)7-3-6-13-11(14)9-4-2-5-10(8-9)12(15)16/h2,4-5,8H,3,6-7H2,1H3,(H,13,14)(H,15,16). The molecule has 0 aromatic heterocycles. The lowest BCUT2D eigenvalue weighted by atomic mass is 10.1. The summed E-state index contributed by atoms with van der Waals surface area (Å²) in [5.41, 5.74) is 0.393. The minimum atomic E-state index is -1.06. The molecule has 98 valence electrons. The second-order valence-electron chi connectivity index (χ2n) is 3.77. The number of amides is 1. The molecule has 0 heterocycles. The molecule has 5 nitrogen and oxygen atoms in total. The maximum absolute atomic E-state index is 11.7. The molecule has 0 fully saturated rings. The number of carbonyl (C=O) groups excluding carboxylic acids is 1. The summed E-state index contributed by atoms with van der Waals surface area (Å²) in [5.74, 6) is -0.846. The summed E-state index contributed by atoms with van der Waals surface area (Å²) >= 11 is 0. The number of hydrogen-bond donors (Lipinski definition) is 2. The van der Waals surface area contributed by atoms with Gasteiger partial charge in [0, 0.05) is 34.9 Å². The van der Waals surface area contributed by atoms with Gasteiger partial charge in [-0.1, -0.05) is 6.07 Å². The first kappa shape index (κ1) is 14.4. The van der Waals surface area contributed by atoms with E-state index in [1.165, 1.54) is 18.2 Å². The predicted octanol–water partition coefficient (Wildman–Crippen LogP) is 0.883. The van der Waals surface area contributed by atoms with Gasteiger partial charge < -0.3 is 10.4 Å². The molecule has 1 aromatic rings.